The Morgan fingerprint density at radius 2 is 1.80 bits per heavy atom. The molecule has 3 rings (SSSR count). The quantitative estimate of drug-likeness (QED) is 0.554. The molecule has 2 atom stereocenters. The highest BCUT2D eigenvalue weighted by Gasteiger charge is 2.40. The molecule has 0 spiro atoms. The maximum Gasteiger partial charge on any atom is 0.407 e. The summed E-state index contributed by atoms with van der Waals surface area (Å²) in [6.07, 6.45) is 0.735. The number of hydrogen-bond acceptors (Lipinski definition) is 2. The van der Waals surface area contributed by atoms with Crippen molar-refractivity contribution in [3.63, 3.8) is 0 Å². The predicted octanol–water partition coefficient (Wildman–Crippen LogP) is 6.87. The molecule has 4 nitrogen and oxygen atoms in total. The van der Waals surface area contributed by atoms with Crippen molar-refractivity contribution in [2.45, 2.75) is 59.2 Å². The van der Waals surface area contributed by atoms with Crippen LogP contribution in [0, 0.1) is 12.3 Å². The summed E-state index contributed by atoms with van der Waals surface area (Å²) in [6.45, 7) is 9.65. The molecule has 1 heterocycles. The molecule has 6 heteroatoms. The molecular weight excluding hydrogens is 419 g/mol. The van der Waals surface area contributed by atoms with Gasteiger partial charge in [0.05, 0.1) is 10.0 Å². The third kappa shape index (κ3) is 5.22. The van der Waals surface area contributed by atoms with Crippen LogP contribution in [0.15, 0.2) is 42.5 Å². The summed E-state index contributed by atoms with van der Waals surface area (Å²) in [7, 11) is 0. The highest BCUT2D eigenvalue weighted by Crippen LogP contribution is 2.36. The Balaban J connectivity index is 1.94. The molecule has 0 radical (unpaired) electrons. The minimum absolute atomic E-state index is 0.0458. The van der Waals surface area contributed by atoms with E-state index in [1.165, 1.54) is 5.56 Å². The first-order valence-electron chi connectivity index (χ1n) is 10.3. The highest BCUT2D eigenvalue weighted by molar-refractivity contribution is 6.42. The predicted molar refractivity (Wildman–Crippen MR) is 125 cm³/mol. The van der Waals surface area contributed by atoms with Crippen molar-refractivity contribution in [3.05, 3.63) is 63.6 Å². The van der Waals surface area contributed by atoms with Crippen molar-refractivity contribution in [2.75, 3.05) is 11.4 Å². The van der Waals surface area contributed by atoms with E-state index in [2.05, 4.69) is 56.9 Å². The van der Waals surface area contributed by atoms with Gasteiger partial charge in [0, 0.05) is 30.9 Å². The number of aryl methyl sites for hydroxylation is 1. The molecule has 30 heavy (non-hydrogen) atoms. The first-order chi connectivity index (χ1) is 14.1. The third-order valence-corrected chi connectivity index (χ3v) is 6.70. The molecule has 0 aliphatic carbocycles. The Bertz CT molecular complexity index is 893. The van der Waals surface area contributed by atoms with Crippen LogP contribution in [0.25, 0.3) is 0 Å². The largest absolute Gasteiger partial charge is 0.465 e. The molecule has 1 amide bonds. The van der Waals surface area contributed by atoms with Crippen LogP contribution >= 0.6 is 23.2 Å². The Labute approximate surface area is 189 Å². The molecule has 2 aromatic rings. The summed E-state index contributed by atoms with van der Waals surface area (Å²) in [5.74, 6) is 0. The molecule has 2 aromatic carbocycles. The lowest BCUT2D eigenvalue weighted by atomic mass is 9.78. The zero-order valence-electron chi connectivity index (χ0n) is 18.0. The average Bonchev–Trinajstić information content (AvgIpc) is 2.68. The van der Waals surface area contributed by atoms with Gasteiger partial charge in [0.2, 0.25) is 0 Å². The maximum atomic E-state index is 11.8. The topological polar surface area (TPSA) is 43.8 Å². The second-order valence-electron chi connectivity index (χ2n) is 9.25. The van der Waals surface area contributed by atoms with Crippen LogP contribution in [0.1, 0.15) is 44.7 Å². The summed E-state index contributed by atoms with van der Waals surface area (Å²) in [4.78, 5) is 15.8. The SMILES string of the molecule is Cc1ccc(N(Cc2ccc(Cl)c(Cl)c2)C2CCN(C(=O)O)C(C(C)(C)C)C2)cc1. The lowest BCUT2D eigenvalue weighted by Gasteiger charge is -2.48. The molecule has 0 saturated carbocycles. The molecular formula is C24H30Cl2N2O2. The van der Waals surface area contributed by atoms with E-state index >= 15 is 0 Å². The van der Waals surface area contributed by atoms with Crippen LogP contribution in [0.3, 0.4) is 0 Å². The number of anilines is 1. The molecule has 1 aliphatic rings. The number of likely N-dealkylation sites (tertiary alicyclic amines) is 1. The van der Waals surface area contributed by atoms with Crippen molar-refractivity contribution >= 4 is 35.0 Å². The molecule has 1 saturated heterocycles. The molecule has 162 valence electrons. The van der Waals surface area contributed by atoms with E-state index in [-0.39, 0.29) is 17.5 Å². The molecule has 0 bridgehead atoms. The van der Waals surface area contributed by atoms with Crippen LogP contribution in [0.2, 0.25) is 10.0 Å². The van der Waals surface area contributed by atoms with Gasteiger partial charge in [0.15, 0.2) is 0 Å². The summed E-state index contributed by atoms with van der Waals surface area (Å²) in [5.41, 5.74) is 3.28. The Morgan fingerprint density at radius 3 is 2.37 bits per heavy atom. The first-order valence-corrected chi connectivity index (χ1v) is 11.1. The van der Waals surface area contributed by atoms with E-state index in [1.807, 2.05) is 18.2 Å². The van der Waals surface area contributed by atoms with Gasteiger partial charge in [-0.1, -0.05) is 67.7 Å². The van der Waals surface area contributed by atoms with Gasteiger partial charge >= 0.3 is 6.09 Å². The number of halogens is 2. The minimum atomic E-state index is -0.834. The van der Waals surface area contributed by atoms with Crippen molar-refractivity contribution in [2.24, 2.45) is 5.41 Å². The fraction of sp³-hybridized carbons (Fsp3) is 0.458. The summed E-state index contributed by atoms with van der Waals surface area (Å²) in [6, 6.07) is 14.4. The minimum Gasteiger partial charge on any atom is -0.465 e. The molecule has 1 N–H and O–H groups in total. The zero-order valence-corrected chi connectivity index (χ0v) is 19.5. The number of amides is 1. The third-order valence-electron chi connectivity index (χ3n) is 5.96. The number of hydrogen-bond donors (Lipinski definition) is 1. The molecule has 1 fully saturated rings. The first kappa shape index (κ1) is 22.8. The van der Waals surface area contributed by atoms with E-state index in [0.717, 1.165) is 24.1 Å². The van der Waals surface area contributed by atoms with Gasteiger partial charge in [0.25, 0.3) is 0 Å². The normalized spacial score (nSPS) is 19.6. The van der Waals surface area contributed by atoms with Gasteiger partial charge in [-0.3, -0.25) is 0 Å². The Kier molecular flexibility index (Phi) is 6.88. The van der Waals surface area contributed by atoms with E-state index in [1.54, 1.807) is 4.90 Å². The molecule has 2 unspecified atom stereocenters. The average molecular weight is 449 g/mol. The second kappa shape index (κ2) is 9.07. The second-order valence-corrected chi connectivity index (χ2v) is 10.1. The van der Waals surface area contributed by atoms with Crippen LogP contribution in [0.5, 0.6) is 0 Å². The number of carbonyl (C=O) groups is 1. The smallest absolute Gasteiger partial charge is 0.407 e. The van der Waals surface area contributed by atoms with Crippen LogP contribution in [-0.2, 0) is 6.54 Å². The van der Waals surface area contributed by atoms with Gasteiger partial charge in [-0.15, -0.1) is 0 Å². The maximum absolute atomic E-state index is 11.8. The van der Waals surface area contributed by atoms with Gasteiger partial charge in [-0.2, -0.15) is 0 Å². The fourth-order valence-electron chi connectivity index (χ4n) is 4.28. The Morgan fingerprint density at radius 1 is 1.13 bits per heavy atom. The molecule has 1 aliphatic heterocycles. The van der Waals surface area contributed by atoms with Gasteiger partial charge < -0.3 is 14.9 Å². The van der Waals surface area contributed by atoms with E-state index in [9.17, 15) is 9.90 Å². The van der Waals surface area contributed by atoms with Gasteiger partial charge in [-0.05, 0) is 55.0 Å². The molecule has 0 aromatic heterocycles. The number of rotatable bonds is 4. The van der Waals surface area contributed by atoms with Gasteiger partial charge in [-0.25, -0.2) is 4.79 Å². The lowest BCUT2D eigenvalue weighted by molar-refractivity contribution is 0.0520. The van der Waals surface area contributed by atoms with E-state index in [4.69, 9.17) is 23.2 Å². The monoisotopic (exact) mass is 448 g/mol. The highest BCUT2D eigenvalue weighted by atomic mass is 35.5. The van der Waals surface area contributed by atoms with Crippen molar-refractivity contribution < 1.29 is 9.90 Å². The van der Waals surface area contributed by atoms with Crippen molar-refractivity contribution in [1.29, 1.82) is 0 Å². The lowest BCUT2D eigenvalue weighted by Crippen LogP contribution is -2.56. The number of benzene rings is 2. The summed E-state index contributed by atoms with van der Waals surface area (Å²) >= 11 is 12.4. The summed E-state index contributed by atoms with van der Waals surface area (Å²) < 4.78 is 0. The fourth-order valence-corrected chi connectivity index (χ4v) is 4.60. The van der Waals surface area contributed by atoms with Gasteiger partial charge in [0.1, 0.15) is 0 Å². The van der Waals surface area contributed by atoms with Crippen molar-refractivity contribution in [1.82, 2.24) is 4.90 Å². The number of carboxylic acid groups (broad SMARTS) is 1. The van der Waals surface area contributed by atoms with Crippen LogP contribution < -0.4 is 4.90 Å². The van der Waals surface area contributed by atoms with Crippen LogP contribution in [-0.4, -0.2) is 34.7 Å². The van der Waals surface area contributed by atoms with E-state index < -0.39 is 6.09 Å². The van der Waals surface area contributed by atoms with Crippen LogP contribution in [0.4, 0.5) is 10.5 Å². The standard InChI is InChI=1S/C24H30Cl2N2O2/c1-16-5-8-18(9-6-16)28(15-17-7-10-20(25)21(26)13-17)19-11-12-27(23(29)30)22(14-19)24(2,3)4/h5-10,13,19,22H,11-12,14-15H2,1-4H3,(H,29,30). The number of piperidine rings is 1. The van der Waals surface area contributed by atoms with Crippen molar-refractivity contribution in [3.8, 4) is 0 Å². The van der Waals surface area contributed by atoms with E-state index in [0.29, 0.717) is 23.1 Å². The summed E-state index contributed by atoms with van der Waals surface area (Å²) in [5, 5.41) is 10.8. The number of nitrogens with zero attached hydrogens (tertiary/aromatic N) is 2. The zero-order chi connectivity index (χ0) is 22.1. The Hall–Kier alpha value is -1.91.